The van der Waals surface area contributed by atoms with E-state index in [1.165, 1.54) is 11.3 Å². The van der Waals surface area contributed by atoms with Crippen LogP contribution >= 0.6 is 11.3 Å². The van der Waals surface area contributed by atoms with Crippen LogP contribution < -0.4 is 15.4 Å². The van der Waals surface area contributed by atoms with Crippen LogP contribution in [0.15, 0.2) is 41.8 Å². The Bertz CT molecular complexity index is 701. The van der Waals surface area contributed by atoms with Crippen LogP contribution in [0.5, 0.6) is 5.75 Å². The monoisotopic (exact) mass is 361 g/mol. The molecule has 1 aromatic heterocycles. The van der Waals surface area contributed by atoms with E-state index in [2.05, 4.69) is 10.6 Å². The number of ether oxygens (including phenoxy) is 1. The van der Waals surface area contributed by atoms with Gasteiger partial charge in [-0.3, -0.25) is 9.59 Å². The highest BCUT2D eigenvalue weighted by atomic mass is 32.1. The van der Waals surface area contributed by atoms with E-state index < -0.39 is 0 Å². The quantitative estimate of drug-likeness (QED) is 0.753. The molecule has 0 aliphatic heterocycles. The van der Waals surface area contributed by atoms with Crippen LogP contribution in [-0.2, 0) is 4.79 Å². The maximum Gasteiger partial charge on any atom is 0.261 e. The Kier molecular flexibility index (Phi) is 6.97. The molecule has 134 valence electrons. The smallest absolute Gasteiger partial charge is 0.261 e. The molecule has 2 amide bonds. The Morgan fingerprint density at radius 2 is 1.92 bits per heavy atom. The summed E-state index contributed by atoms with van der Waals surface area (Å²) in [6.45, 7) is 0.365. The van der Waals surface area contributed by atoms with Gasteiger partial charge in [-0.25, -0.2) is 0 Å². The molecule has 0 aliphatic rings. The van der Waals surface area contributed by atoms with Gasteiger partial charge >= 0.3 is 0 Å². The fourth-order valence-corrected chi connectivity index (χ4v) is 3.08. The average Bonchev–Trinajstić information content (AvgIpc) is 3.14. The highest BCUT2D eigenvalue weighted by molar-refractivity contribution is 7.12. The zero-order valence-electron chi connectivity index (χ0n) is 14.6. The second kappa shape index (κ2) is 9.19. The van der Waals surface area contributed by atoms with Gasteiger partial charge in [0.2, 0.25) is 5.91 Å². The number of carbonyl (C=O) groups excluding carboxylic acids is 2. The molecule has 1 unspecified atom stereocenters. The van der Waals surface area contributed by atoms with Crippen LogP contribution in [0.25, 0.3) is 0 Å². The van der Waals surface area contributed by atoms with Crippen molar-refractivity contribution >= 4 is 23.2 Å². The molecule has 0 saturated carbocycles. The zero-order valence-corrected chi connectivity index (χ0v) is 15.4. The normalized spacial score (nSPS) is 11.8. The predicted molar refractivity (Wildman–Crippen MR) is 99.1 cm³/mol. The van der Waals surface area contributed by atoms with E-state index in [-0.39, 0.29) is 24.4 Å². The highest BCUT2D eigenvalue weighted by Crippen LogP contribution is 2.27. The average molecular weight is 361 g/mol. The summed E-state index contributed by atoms with van der Waals surface area (Å²) in [6.07, 6.45) is 0. The maximum absolute atomic E-state index is 12.1. The Morgan fingerprint density at radius 1 is 1.16 bits per heavy atom. The number of carbonyl (C=O) groups is 2. The van der Waals surface area contributed by atoms with Gasteiger partial charge in [0.05, 0.1) is 24.6 Å². The number of methoxy groups -OCH3 is 1. The fourth-order valence-electron chi connectivity index (χ4n) is 2.44. The first-order valence-electron chi connectivity index (χ1n) is 7.90. The van der Waals surface area contributed by atoms with E-state index in [1.54, 1.807) is 19.2 Å². The maximum atomic E-state index is 12.1. The molecule has 0 saturated heterocycles. The molecule has 0 bridgehead atoms. The first-order valence-corrected chi connectivity index (χ1v) is 8.78. The van der Waals surface area contributed by atoms with Crippen LogP contribution in [-0.4, -0.2) is 51.0 Å². The molecule has 2 aromatic rings. The number of hydrogen-bond acceptors (Lipinski definition) is 5. The topological polar surface area (TPSA) is 70.7 Å². The molecule has 0 radical (unpaired) electrons. The molecule has 0 aliphatic carbocycles. The molecule has 2 N–H and O–H groups in total. The van der Waals surface area contributed by atoms with E-state index in [4.69, 9.17) is 4.74 Å². The molecular formula is C18H23N3O3S. The predicted octanol–water partition coefficient (Wildman–Crippen LogP) is 1.91. The summed E-state index contributed by atoms with van der Waals surface area (Å²) in [5.74, 6) is 0.312. The molecule has 7 heteroatoms. The number of likely N-dealkylation sites (N-methyl/N-ethyl adjacent to an activating group) is 1. The minimum Gasteiger partial charge on any atom is -0.496 e. The van der Waals surface area contributed by atoms with E-state index in [0.29, 0.717) is 11.4 Å². The fraction of sp³-hybridized carbons (Fsp3) is 0.333. The van der Waals surface area contributed by atoms with Crippen LogP contribution in [0, 0.1) is 0 Å². The lowest BCUT2D eigenvalue weighted by Crippen LogP contribution is -2.40. The van der Waals surface area contributed by atoms with Gasteiger partial charge in [0, 0.05) is 12.1 Å². The van der Waals surface area contributed by atoms with E-state index in [0.717, 1.165) is 11.3 Å². The van der Waals surface area contributed by atoms with E-state index in [9.17, 15) is 9.59 Å². The van der Waals surface area contributed by atoms with Gasteiger partial charge in [0.15, 0.2) is 0 Å². The number of hydrogen-bond donors (Lipinski definition) is 2. The molecule has 1 heterocycles. The van der Waals surface area contributed by atoms with Crippen molar-refractivity contribution in [1.29, 1.82) is 0 Å². The number of rotatable bonds is 8. The van der Waals surface area contributed by atoms with Crippen molar-refractivity contribution in [2.24, 2.45) is 0 Å². The van der Waals surface area contributed by atoms with Gasteiger partial charge in [-0.2, -0.15) is 0 Å². The minimum absolute atomic E-state index is 0.0342. The molecule has 1 atom stereocenters. The number of amides is 2. The summed E-state index contributed by atoms with van der Waals surface area (Å²) in [7, 11) is 5.52. The SMILES string of the molecule is COc1ccccc1C(CNC(=O)CNC(=O)c1cccs1)N(C)C. The van der Waals surface area contributed by atoms with Crippen LogP contribution in [0.4, 0.5) is 0 Å². The number of nitrogens with zero attached hydrogens (tertiary/aromatic N) is 1. The Morgan fingerprint density at radius 3 is 2.56 bits per heavy atom. The third-order valence-corrected chi connectivity index (χ3v) is 4.64. The second-order valence-corrected chi connectivity index (χ2v) is 6.63. The molecule has 25 heavy (non-hydrogen) atoms. The lowest BCUT2D eigenvalue weighted by molar-refractivity contribution is -0.120. The lowest BCUT2D eigenvalue weighted by Gasteiger charge is -2.26. The number of nitrogens with one attached hydrogen (secondary N) is 2. The Hall–Kier alpha value is -2.38. The molecule has 0 fully saturated rings. The summed E-state index contributed by atoms with van der Waals surface area (Å²) >= 11 is 1.34. The van der Waals surface area contributed by atoms with Crippen molar-refractivity contribution in [2.75, 3.05) is 34.3 Å². The number of thiophene rings is 1. The number of benzene rings is 1. The summed E-state index contributed by atoms with van der Waals surface area (Å²) in [4.78, 5) is 26.5. The molecule has 1 aromatic carbocycles. The Balaban J connectivity index is 1.90. The van der Waals surface area contributed by atoms with Gasteiger partial charge in [-0.15, -0.1) is 11.3 Å². The minimum atomic E-state index is -0.237. The van der Waals surface area contributed by atoms with E-state index >= 15 is 0 Å². The first kappa shape index (κ1) is 19.0. The summed E-state index contributed by atoms with van der Waals surface area (Å²) in [5.41, 5.74) is 0.998. The summed E-state index contributed by atoms with van der Waals surface area (Å²) < 4.78 is 5.41. The lowest BCUT2D eigenvalue weighted by atomic mass is 10.0. The van der Waals surface area contributed by atoms with Crippen molar-refractivity contribution in [1.82, 2.24) is 15.5 Å². The van der Waals surface area contributed by atoms with Crippen LogP contribution in [0.2, 0.25) is 0 Å². The van der Waals surface area contributed by atoms with Crippen molar-refractivity contribution in [3.05, 3.63) is 52.2 Å². The third-order valence-electron chi connectivity index (χ3n) is 3.77. The summed E-state index contributed by atoms with van der Waals surface area (Å²) in [6, 6.07) is 11.2. The second-order valence-electron chi connectivity index (χ2n) is 5.69. The third kappa shape index (κ3) is 5.30. The van der Waals surface area contributed by atoms with Crippen molar-refractivity contribution in [2.45, 2.75) is 6.04 Å². The molecular weight excluding hydrogens is 338 g/mol. The van der Waals surface area contributed by atoms with Crippen molar-refractivity contribution in [3.63, 3.8) is 0 Å². The number of para-hydroxylation sites is 1. The van der Waals surface area contributed by atoms with Gasteiger partial charge in [0.25, 0.3) is 5.91 Å². The van der Waals surface area contributed by atoms with Crippen molar-refractivity contribution < 1.29 is 14.3 Å². The van der Waals surface area contributed by atoms with Gasteiger partial charge in [0.1, 0.15) is 5.75 Å². The Labute approximate surface area is 151 Å². The molecule has 6 nitrogen and oxygen atoms in total. The van der Waals surface area contributed by atoms with Gasteiger partial charge in [-0.05, 0) is 31.6 Å². The van der Waals surface area contributed by atoms with E-state index in [1.807, 2.05) is 48.6 Å². The molecule has 2 rings (SSSR count). The van der Waals surface area contributed by atoms with Crippen LogP contribution in [0.1, 0.15) is 21.3 Å². The standard InChI is InChI=1S/C18H23N3O3S/c1-21(2)14(13-7-4-5-8-15(13)24-3)11-19-17(22)12-20-18(23)16-9-6-10-25-16/h4-10,14H,11-12H2,1-3H3,(H,19,22)(H,20,23). The first-order chi connectivity index (χ1) is 12.0. The summed E-state index contributed by atoms with van der Waals surface area (Å²) in [5, 5.41) is 7.31. The molecule has 0 spiro atoms. The van der Waals surface area contributed by atoms with Crippen LogP contribution in [0.3, 0.4) is 0 Å². The van der Waals surface area contributed by atoms with Gasteiger partial charge < -0.3 is 20.3 Å². The highest BCUT2D eigenvalue weighted by Gasteiger charge is 2.19. The van der Waals surface area contributed by atoms with Gasteiger partial charge in [-0.1, -0.05) is 24.3 Å². The zero-order chi connectivity index (χ0) is 18.2. The largest absolute Gasteiger partial charge is 0.496 e. The van der Waals surface area contributed by atoms with Crippen molar-refractivity contribution in [3.8, 4) is 5.75 Å².